The molecule has 5 nitrogen and oxygen atoms in total. The van der Waals surface area contributed by atoms with Crippen LogP contribution >= 0.6 is 0 Å². The Hall–Kier alpha value is -0.940. The van der Waals surface area contributed by atoms with E-state index in [1.165, 1.54) is 12.8 Å². The molecule has 2 rings (SSSR count). The highest BCUT2D eigenvalue weighted by atomic mass is 16.3. The number of piperidine rings is 1. The SMILES string of the molecule is Cc1nnc(C2CCCCN2)n1CC(C)O. The van der Waals surface area contributed by atoms with Crippen LogP contribution in [0, 0.1) is 6.92 Å². The molecule has 1 aromatic heterocycles. The van der Waals surface area contributed by atoms with Gasteiger partial charge in [0, 0.05) is 0 Å². The van der Waals surface area contributed by atoms with Crippen LogP contribution in [0.25, 0.3) is 0 Å². The van der Waals surface area contributed by atoms with E-state index in [0.717, 1.165) is 24.6 Å². The molecule has 0 aliphatic carbocycles. The lowest BCUT2D eigenvalue weighted by Crippen LogP contribution is -2.30. The van der Waals surface area contributed by atoms with Crippen LogP contribution in [0.5, 0.6) is 0 Å². The molecule has 1 aliphatic heterocycles. The third-order valence-electron chi connectivity index (χ3n) is 3.03. The van der Waals surface area contributed by atoms with Crippen molar-refractivity contribution in [2.45, 2.75) is 51.8 Å². The molecule has 2 N–H and O–H groups in total. The Balaban J connectivity index is 2.18. The van der Waals surface area contributed by atoms with Gasteiger partial charge in [-0.3, -0.25) is 0 Å². The summed E-state index contributed by atoms with van der Waals surface area (Å²) in [5.41, 5.74) is 0. The van der Waals surface area contributed by atoms with Crippen LogP contribution in [0.4, 0.5) is 0 Å². The maximum absolute atomic E-state index is 9.47. The molecule has 2 heterocycles. The predicted molar refractivity (Wildman–Crippen MR) is 61.0 cm³/mol. The molecule has 2 unspecified atom stereocenters. The molecule has 0 aromatic carbocycles. The second-order valence-electron chi connectivity index (χ2n) is 4.57. The van der Waals surface area contributed by atoms with Gasteiger partial charge in [0.2, 0.25) is 0 Å². The van der Waals surface area contributed by atoms with Crippen LogP contribution < -0.4 is 5.32 Å². The van der Waals surface area contributed by atoms with E-state index in [1.54, 1.807) is 6.92 Å². The number of hydrogen-bond acceptors (Lipinski definition) is 4. The molecule has 1 aromatic rings. The summed E-state index contributed by atoms with van der Waals surface area (Å²) in [6.45, 7) is 5.34. The summed E-state index contributed by atoms with van der Waals surface area (Å²) >= 11 is 0. The molecule has 2 atom stereocenters. The van der Waals surface area contributed by atoms with Gasteiger partial charge in [-0.1, -0.05) is 6.42 Å². The summed E-state index contributed by atoms with van der Waals surface area (Å²) < 4.78 is 2.02. The van der Waals surface area contributed by atoms with E-state index in [9.17, 15) is 5.11 Å². The van der Waals surface area contributed by atoms with Crippen LogP contribution in [-0.4, -0.2) is 32.5 Å². The van der Waals surface area contributed by atoms with Crippen molar-refractivity contribution in [3.63, 3.8) is 0 Å². The number of aryl methyl sites for hydroxylation is 1. The van der Waals surface area contributed by atoms with Crippen molar-refractivity contribution in [3.05, 3.63) is 11.6 Å². The average Bonchev–Trinajstić information content (AvgIpc) is 2.61. The first-order chi connectivity index (χ1) is 7.68. The second kappa shape index (κ2) is 4.93. The first-order valence-electron chi connectivity index (χ1n) is 5.99. The monoisotopic (exact) mass is 224 g/mol. The molecule has 1 saturated heterocycles. The van der Waals surface area contributed by atoms with Crippen molar-refractivity contribution >= 4 is 0 Å². The topological polar surface area (TPSA) is 63.0 Å². The Morgan fingerprint density at radius 3 is 2.94 bits per heavy atom. The molecular formula is C11H20N4O. The zero-order chi connectivity index (χ0) is 11.5. The smallest absolute Gasteiger partial charge is 0.150 e. The average molecular weight is 224 g/mol. The minimum Gasteiger partial charge on any atom is -0.392 e. The van der Waals surface area contributed by atoms with Crippen LogP contribution in [0.15, 0.2) is 0 Å². The Morgan fingerprint density at radius 2 is 2.31 bits per heavy atom. The number of aliphatic hydroxyl groups excluding tert-OH is 1. The van der Waals surface area contributed by atoms with E-state index in [1.807, 2.05) is 11.5 Å². The van der Waals surface area contributed by atoms with Crippen LogP contribution in [0.2, 0.25) is 0 Å². The van der Waals surface area contributed by atoms with E-state index in [0.29, 0.717) is 12.6 Å². The highest BCUT2D eigenvalue weighted by Crippen LogP contribution is 2.22. The second-order valence-corrected chi connectivity index (χ2v) is 4.57. The van der Waals surface area contributed by atoms with Gasteiger partial charge in [-0.2, -0.15) is 0 Å². The fourth-order valence-corrected chi connectivity index (χ4v) is 2.22. The summed E-state index contributed by atoms with van der Waals surface area (Å²) in [6.07, 6.45) is 3.22. The van der Waals surface area contributed by atoms with E-state index < -0.39 is 0 Å². The van der Waals surface area contributed by atoms with Crippen molar-refractivity contribution in [2.75, 3.05) is 6.54 Å². The lowest BCUT2D eigenvalue weighted by atomic mass is 10.0. The minimum atomic E-state index is -0.364. The summed E-state index contributed by atoms with van der Waals surface area (Å²) in [4.78, 5) is 0. The summed E-state index contributed by atoms with van der Waals surface area (Å²) in [6, 6.07) is 0.300. The standard InChI is InChI=1S/C11H20N4O/c1-8(16)7-15-9(2)13-14-11(15)10-5-3-4-6-12-10/h8,10,12,16H,3-7H2,1-2H3. The van der Waals surface area contributed by atoms with Gasteiger partial charge in [0.15, 0.2) is 0 Å². The zero-order valence-corrected chi connectivity index (χ0v) is 9.98. The van der Waals surface area contributed by atoms with Gasteiger partial charge < -0.3 is 15.0 Å². The predicted octanol–water partition coefficient (Wildman–Crippen LogP) is 0.782. The fourth-order valence-electron chi connectivity index (χ4n) is 2.22. The molecule has 1 aliphatic rings. The number of aromatic nitrogens is 3. The lowest BCUT2D eigenvalue weighted by Gasteiger charge is -2.23. The van der Waals surface area contributed by atoms with E-state index in [2.05, 4.69) is 15.5 Å². The van der Waals surface area contributed by atoms with Gasteiger partial charge >= 0.3 is 0 Å². The van der Waals surface area contributed by atoms with Crippen LogP contribution in [-0.2, 0) is 6.54 Å². The Kier molecular flexibility index (Phi) is 3.56. The Morgan fingerprint density at radius 1 is 1.50 bits per heavy atom. The molecule has 0 radical (unpaired) electrons. The number of rotatable bonds is 3. The summed E-state index contributed by atoms with van der Waals surface area (Å²) in [7, 11) is 0. The molecule has 0 bridgehead atoms. The van der Waals surface area contributed by atoms with Gasteiger partial charge in [0.25, 0.3) is 0 Å². The van der Waals surface area contributed by atoms with Gasteiger partial charge in [-0.15, -0.1) is 10.2 Å². The molecule has 90 valence electrons. The fraction of sp³-hybridized carbons (Fsp3) is 0.818. The molecule has 0 saturated carbocycles. The number of nitrogens with one attached hydrogen (secondary N) is 1. The first kappa shape index (κ1) is 11.5. The zero-order valence-electron chi connectivity index (χ0n) is 9.98. The summed E-state index contributed by atoms with van der Waals surface area (Å²) in [5.74, 6) is 1.85. The highest BCUT2D eigenvalue weighted by molar-refractivity contribution is 5.01. The van der Waals surface area contributed by atoms with Gasteiger partial charge in [0.05, 0.1) is 18.7 Å². The van der Waals surface area contributed by atoms with Gasteiger partial charge in [-0.25, -0.2) is 0 Å². The lowest BCUT2D eigenvalue weighted by molar-refractivity contribution is 0.169. The molecule has 1 fully saturated rings. The molecule has 0 amide bonds. The van der Waals surface area contributed by atoms with Crippen molar-refractivity contribution in [2.24, 2.45) is 0 Å². The van der Waals surface area contributed by atoms with Gasteiger partial charge in [-0.05, 0) is 33.2 Å². The van der Waals surface area contributed by atoms with Crippen molar-refractivity contribution < 1.29 is 5.11 Å². The molecule has 5 heteroatoms. The number of nitrogens with zero attached hydrogens (tertiary/aromatic N) is 3. The molecule has 16 heavy (non-hydrogen) atoms. The minimum absolute atomic E-state index is 0.300. The number of hydrogen-bond donors (Lipinski definition) is 2. The normalized spacial score (nSPS) is 23.3. The summed E-state index contributed by atoms with van der Waals surface area (Å²) in [5, 5.41) is 21.3. The van der Waals surface area contributed by atoms with Crippen molar-refractivity contribution in [1.29, 1.82) is 0 Å². The largest absolute Gasteiger partial charge is 0.392 e. The third-order valence-corrected chi connectivity index (χ3v) is 3.03. The highest BCUT2D eigenvalue weighted by Gasteiger charge is 2.22. The maximum atomic E-state index is 9.47. The number of aliphatic hydroxyl groups is 1. The first-order valence-corrected chi connectivity index (χ1v) is 5.99. The van der Waals surface area contributed by atoms with Crippen LogP contribution in [0.1, 0.15) is 43.9 Å². The van der Waals surface area contributed by atoms with Gasteiger partial charge in [0.1, 0.15) is 11.6 Å². The third kappa shape index (κ3) is 2.41. The van der Waals surface area contributed by atoms with Crippen molar-refractivity contribution in [1.82, 2.24) is 20.1 Å². The molecular weight excluding hydrogens is 204 g/mol. The van der Waals surface area contributed by atoms with Crippen molar-refractivity contribution in [3.8, 4) is 0 Å². The quantitative estimate of drug-likeness (QED) is 0.796. The van der Waals surface area contributed by atoms with E-state index in [4.69, 9.17) is 0 Å². The van der Waals surface area contributed by atoms with Crippen LogP contribution in [0.3, 0.4) is 0 Å². The van der Waals surface area contributed by atoms with E-state index in [-0.39, 0.29) is 6.10 Å². The Bertz CT molecular complexity index is 342. The molecule has 0 spiro atoms. The maximum Gasteiger partial charge on any atom is 0.150 e. The van der Waals surface area contributed by atoms with E-state index >= 15 is 0 Å². The Labute approximate surface area is 95.9 Å².